The Morgan fingerprint density at radius 1 is 0.617 bits per heavy atom. The fraction of sp³-hybridized carbons (Fsp3) is 0.485. The molecule has 0 heterocycles. The zero-order valence-electron chi connectivity index (χ0n) is 26.6. The van der Waals surface area contributed by atoms with Crippen LogP contribution in [0.15, 0.2) is 60.7 Å². The van der Waals surface area contributed by atoms with Gasteiger partial charge >= 0.3 is 17.9 Å². The smallest absolute Gasteiger partial charge is 0.332 e. The van der Waals surface area contributed by atoms with E-state index in [2.05, 4.69) is 10.6 Å². The summed E-state index contributed by atoms with van der Waals surface area (Å²) in [5.74, 6) is -2.44. The Morgan fingerprint density at radius 2 is 1.09 bits per heavy atom. The zero-order valence-corrected chi connectivity index (χ0v) is 26.6. The molecule has 14 heteroatoms. The van der Waals surface area contributed by atoms with Crippen LogP contribution in [0.3, 0.4) is 0 Å². The maximum atomic E-state index is 12.2. The molecule has 0 saturated carbocycles. The van der Waals surface area contributed by atoms with Gasteiger partial charge in [0.15, 0.2) is 0 Å². The molecule has 0 aromatic heterocycles. The number of hydrogen-bond acceptors (Lipinski definition) is 12. The summed E-state index contributed by atoms with van der Waals surface area (Å²) in [6.45, 7) is 0.102. The molecule has 14 nitrogen and oxygen atoms in total. The van der Waals surface area contributed by atoms with Crippen molar-refractivity contribution >= 4 is 29.7 Å². The monoisotopic (exact) mass is 660 g/mol. The van der Waals surface area contributed by atoms with Gasteiger partial charge in [0.2, 0.25) is 11.8 Å². The molecule has 0 spiro atoms. The lowest BCUT2D eigenvalue weighted by Gasteiger charge is -2.16. The molecule has 0 radical (unpaired) electrons. The van der Waals surface area contributed by atoms with E-state index in [1.807, 2.05) is 60.7 Å². The highest BCUT2D eigenvalue weighted by molar-refractivity contribution is 5.85. The average molecular weight is 661 g/mol. The fourth-order valence-corrected chi connectivity index (χ4v) is 3.82. The molecule has 2 rings (SSSR count). The van der Waals surface area contributed by atoms with Crippen molar-refractivity contribution in [2.45, 2.75) is 38.5 Å². The predicted molar refractivity (Wildman–Crippen MR) is 167 cm³/mol. The minimum absolute atomic E-state index is 0.0581. The van der Waals surface area contributed by atoms with Gasteiger partial charge in [0.25, 0.3) is 0 Å². The molecule has 0 aliphatic heterocycles. The van der Waals surface area contributed by atoms with E-state index >= 15 is 0 Å². The van der Waals surface area contributed by atoms with Gasteiger partial charge in [0.1, 0.15) is 45.7 Å². The van der Waals surface area contributed by atoms with Gasteiger partial charge in [-0.1, -0.05) is 60.7 Å². The lowest BCUT2D eigenvalue weighted by molar-refractivity contribution is -0.151. The summed E-state index contributed by atoms with van der Waals surface area (Å²) < 4.78 is 35.9. The molecule has 1 unspecified atom stereocenters. The topological polar surface area (TPSA) is 174 Å². The van der Waals surface area contributed by atoms with Crippen molar-refractivity contribution < 1.29 is 57.1 Å². The first kappa shape index (κ1) is 38.8. The summed E-state index contributed by atoms with van der Waals surface area (Å²) in [5.41, 5.74) is 1.74. The van der Waals surface area contributed by atoms with Gasteiger partial charge < -0.3 is 43.8 Å². The number of unbranched alkanes of at least 4 members (excludes halogenated alkanes) is 1. The molecular weight excluding hydrogens is 616 g/mol. The van der Waals surface area contributed by atoms with Crippen molar-refractivity contribution in [3.63, 3.8) is 0 Å². The van der Waals surface area contributed by atoms with Crippen molar-refractivity contribution in [2.24, 2.45) is 0 Å². The molecule has 258 valence electrons. The molecule has 0 saturated heterocycles. The number of carbonyl (C=O) groups excluding carboxylic acids is 5. The Hall–Kier alpha value is -4.37. The highest BCUT2D eigenvalue weighted by Gasteiger charge is 2.21. The number of ether oxygens (including phenoxy) is 7. The van der Waals surface area contributed by atoms with Gasteiger partial charge in [-0.3, -0.25) is 9.59 Å². The summed E-state index contributed by atoms with van der Waals surface area (Å²) in [7, 11) is 1.23. The number of methoxy groups -OCH3 is 1. The highest BCUT2D eigenvalue weighted by Crippen LogP contribution is 2.04. The van der Waals surface area contributed by atoms with Crippen LogP contribution in [0.25, 0.3) is 0 Å². The number of nitrogens with one attached hydrogen (secondary N) is 2. The molecular formula is C33H44N2O12. The Morgan fingerprint density at radius 3 is 1.57 bits per heavy atom. The minimum Gasteiger partial charge on any atom is -0.467 e. The van der Waals surface area contributed by atoms with E-state index in [1.54, 1.807) is 0 Å². The molecule has 47 heavy (non-hydrogen) atoms. The highest BCUT2D eigenvalue weighted by atomic mass is 16.6. The van der Waals surface area contributed by atoms with E-state index in [0.29, 0.717) is 25.8 Å². The maximum absolute atomic E-state index is 12.2. The number of amides is 2. The van der Waals surface area contributed by atoms with Crippen LogP contribution in [0.1, 0.15) is 30.4 Å². The third kappa shape index (κ3) is 19.7. The van der Waals surface area contributed by atoms with E-state index in [0.717, 1.165) is 11.1 Å². The summed E-state index contributed by atoms with van der Waals surface area (Å²) in [6, 6.07) is 17.7. The molecule has 2 aromatic rings. The first-order valence-corrected chi connectivity index (χ1v) is 15.2. The van der Waals surface area contributed by atoms with Crippen LogP contribution in [0.5, 0.6) is 0 Å². The van der Waals surface area contributed by atoms with Gasteiger partial charge in [-0.05, 0) is 30.4 Å². The van der Waals surface area contributed by atoms with Gasteiger partial charge in [-0.15, -0.1) is 0 Å². The number of benzene rings is 2. The predicted octanol–water partition coefficient (Wildman–Crippen LogP) is 1.48. The maximum Gasteiger partial charge on any atom is 0.332 e. The Labute approximate surface area is 274 Å². The first-order chi connectivity index (χ1) is 22.9. The minimum atomic E-state index is -0.874. The summed E-state index contributed by atoms with van der Waals surface area (Å²) in [6.07, 6.45) is 1.36. The van der Waals surface area contributed by atoms with Crippen LogP contribution in [0.4, 0.5) is 0 Å². The normalized spacial score (nSPS) is 11.3. The largest absolute Gasteiger partial charge is 0.467 e. The van der Waals surface area contributed by atoms with Crippen molar-refractivity contribution in [3.8, 4) is 0 Å². The second-order valence-corrected chi connectivity index (χ2v) is 9.99. The standard InChI is InChI=1S/C33H44N2O12/c1-41-33(40)28(35-30(37)23-43-17-19-45-25-32(39)47-21-27-12-6-3-7-13-27)14-8-9-15-34-29(36)22-42-16-18-44-24-31(38)46-20-26-10-4-2-5-11-26/h2-7,10-13,28H,8-9,14-25H2,1H3,(H,34,36)(H,35,37). The fourth-order valence-electron chi connectivity index (χ4n) is 3.82. The second kappa shape index (κ2) is 24.8. The second-order valence-electron chi connectivity index (χ2n) is 9.99. The quantitative estimate of drug-likeness (QED) is 0.0894. The molecule has 0 fully saturated rings. The van der Waals surface area contributed by atoms with Gasteiger partial charge in [-0.25, -0.2) is 14.4 Å². The Kier molecular flexibility index (Phi) is 20.5. The summed E-state index contributed by atoms with van der Waals surface area (Å²) in [4.78, 5) is 59.7. The summed E-state index contributed by atoms with van der Waals surface area (Å²) in [5, 5.41) is 5.28. The number of esters is 3. The molecule has 0 aliphatic carbocycles. The van der Waals surface area contributed by atoms with E-state index in [1.165, 1.54) is 7.11 Å². The van der Waals surface area contributed by atoms with Crippen LogP contribution in [-0.2, 0) is 70.3 Å². The van der Waals surface area contributed by atoms with Crippen LogP contribution in [-0.4, -0.2) is 102 Å². The van der Waals surface area contributed by atoms with Gasteiger partial charge in [0, 0.05) is 6.54 Å². The third-order valence-electron chi connectivity index (χ3n) is 6.20. The summed E-state index contributed by atoms with van der Waals surface area (Å²) >= 11 is 0. The number of carbonyl (C=O) groups is 5. The molecule has 2 N–H and O–H groups in total. The number of hydrogen-bond donors (Lipinski definition) is 2. The average Bonchev–Trinajstić information content (AvgIpc) is 3.09. The number of rotatable bonds is 25. The first-order valence-electron chi connectivity index (χ1n) is 15.2. The molecule has 0 aliphatic rings. The van der Waals surface area contributed by atoms with Crippen molar-refractivity contribution in [1.29, 1.82) is 0 Å². The Bertz CT molecular complexity index is 1200. The van der Waals surface area contributed by atoms with Crippen molar-refractivity contribution in [3.05, 3.63) is 71.8 Å². The van der Waals surface area contributed by atoms with Gasteiger partial charge in [0.05, 0.1) is 33.5 Å². The molecule has 0 bridgehead atoms. The van der Waals surface area contributed by atoms with Crippen molar-refractivity contribution in [2.75, 3.05) is 66.5 Å². The van der Waals surface area contributed by atoms with Crippen LogP contribution in [0.2, 0.25) is 0 Å². The Balaban J connectivity index is 1.44. The van der Waals surface area contributed by atoms with Crippen LogP contribution >= 0.6 is 0 Å². The third-order valence-corrected chi connectivity index (χ3v) is 6.20. The molecule has 2 aromatic carbocycles. The van der Waals surface area contributed by atoms with E-state index in [-0.39, 0.29) is 72.0 Å². The van der Waals surface area contributed by atoms with E-state index < -0.39 is 29.9 Å². The lowest BCUT2D eigenvalue weighted by Crippen LogP contribution is -2.43. The van der Waals surface area contributed by atoms with Gasteiger partial charge in [-0.2, -0.15) is 0 Å². The molecule has 2 amide bonds. The van der Waals surface area contributed by atoms with E-state index in [9.17, 15) is 24.0 Å². The zero-order chi connectivity index (χ0) is 34.0. The van der Waals surface area contributed by atoms with Crippen LogP contribution in [0, 0.1) is 0 Å². The SMILES string of the molecule is COC(=O)C(CCCCNC(=O)COCCOCC(=O)OCc1ccccc1)NC(=O)COCCOCC(=O)OCc1ccccc1. The van der Waals surface area contributed by atoms with E-state index in [4.69, 9.17) is 33.2 Å². The molecule has 1 atom stereocenters. The van der Waals surface area contributed by atoms with Crippen molar-refractivity contribution in [1.82, 2.24) is 10.6 Å². The van der Waals surface area contributed by atoms with Crippen LogP contribution < -0.4 is 10.6 Å². The lowest BCUT2D eigenvalue weighted by atomic mass is 10.1.